The third-order valence-electron chi connectivity index (χ3n) is 13.9. The van der Waals surface area contributed by atoms with Crippen molar-refractivity contribution in [2.24, 2.45) is 0 Å². The van der Waals surface area contributed by atoms with Crippen LogP contribution in [0.15, 0.2) is 182 Å². The van der Waals surface area contributed by atoms with Gasteiger partial charge in [0.2, 0.25) is 0 Å². The van der Waals surface area contributed by atoms with Crippen molar-refractivity contribution in [1.82, 2.24) is 19.1 Å². The number of phenols is 1. The zero-order chi connectivity index (χ0) is 48.0. The van der Waals surface area contributed by atoms with Crippen LogP contribution in [-0.4, -0.2) is 24.2 Å². The monoisotopic (exact) mass is 898 g/mol. The summed E-state index contributed by atoms with van der Waals surface area (Å²) in [4.78, 5) is 10.6. The van der Waals surface area contributed by atoms with Gasteiger partial charge in [-0.1, -0.05) is 165 Å². The molecule has 69 heavy (non-hydrogen) atoms. The Morgan fingerprint density at radius 1 is 0.420 bits per heavy atom. The number of hydrogen-bond donors (Lipinski definition) is 1. The lowest BCUT2D eigenvalue weighted by Gasteiger charge is -2.27. The molecule has 3 heterocycles. The highest BCUT2D eigenvalue weighted by Crippen LogP contribution is 2.43. The summed E-state index contributed by atoms with van der Waals surface area (Å²) in [7, 11) is 0. The van der Waals surface area contributed by atoms with Crippen molar-refractivity contribution in [2.45, 2.75) is 78.6 Å². The topological polar surface area (TPSA) is 55.9 Å². The van der Waals surface area contributed by atoms with E-state index in [4.69, 9.17) is 9.97 Å². The Kier molecular flexibility index (Phi) is 10.3. The zero-order valence-corrected chi connectivity index (χ0v) is 41.1. The molecule has 0 aliphatic carbocycles. The SMILES string of the molecule is CC(C)(C)c1cc(-c2cc(-c3cccc4c5ccccc5n(-c5ccc6ccccc6c5)c34)ccn2)cc(-c2cccc3c2nc(-c2ccccc2O)n3-c2cc(C(C)(C)C)cc(C(C)(C)C)c2)c1. The van der Waals surface area contributed by atoms with Crippen molar-refractivity contribution in [2.75, 3.05) is 0 Å². The van der Waals surface area contributed by atoms with Crippen LogP contribution in [-0.2, 0) is 16.2 Å². The Labute approximate surface area is 405 Å². The molecule has 0 bridgehead atoms. The summed E-state index contributed by atoms with van der Waals surface area (Å²) in [6.07, 6.45) is 1.95. The lowest BCUT2D eigenvalue weighted by molar-refractivity contribution is 0.477. The molecular weight excluding hydrogens is 841 g/mol. The second-order valence-electron chi connectivity index (χ2n) is 21.8. The Morgan fingerprint density at radius 3 is 1.78 bits per heavy atom. The number of imidazole rings is 1. The van der Waals surface area contributed by atoms with Gasteiger partial charge in [0.1, 0.15) is 11.6 Å². The first-order chi connectivity index (χ1) is 33.0. The molecule has 0 spiro atoms. The number of aromatic hydroxyl groups is 1. The fraction of sp³-hybridized carbons (Fsp3) is 0.188. The first-order valence-electron chi connectivity index (χ1n) is 24.1. The van der Waals surface area contributed by atoms with Gasteiger partial charge in [0.25, 0.3) is 0 Å². The van der Waals surface area contributed by atoms with Gasteiger partial charge in [0.05, 0.1) is 33.3 Å². The highest BCUT2D eigenvalue weighted by Gasteiger charge is 2.26. The Morgan fingerprint density at radius 2 is 1.03 bits per heavy atom. The van der Waals surface area contributed by atoms with Crippen molar-refractivity contribution < 1.29 is 5.11 Å². The molecule has 11 rings (SSSR count). The van der Waals surface area contributed by atoms with E-state index < -0.39 is 0 Å². The predicted octanol–water partition coefficient (Wildman–Crippen LogP) is 16.9. The summed E-state index contributed by atoms with van der Waals surface area (Å²) >= 11 is 0. The van der Waals surface area contributed by atoms with E-state index in [2.05, 4.69) is 223 Å². The molecule has 0 saturated heterocycles. The summed E-state index contributed by atoms with van der Waals surface area (Å²) in [6, 6.07) is 63.0. The molecule has 11 aromatic rings. The third kappa shape index (κ3) is 7.76. The highest BCUT2D eigenvalue weighted by molar-refractivity contribution is 6.14. The van der Waals surface area contributed by atoms with Crippen molar-refractivity contribution in [1.29, 1.82) is 0 Å². The van der Waals surface area contributed by atoms with Gasteiger partial charge >= 0.3 is 0 Å². The van der Waals surface area contributed by atoms with Gasteiger partial charge in [-0.3, -0.25) is 9.55 Å². The quantitative estimate of drug-likeness (QED) is 0.181. The minimum Gasteiger partial charge on any atom is -0.507 e. The van der Waals surface area contributed by atoms with Gasteiger partial charge in [-0.2, -0.15) is 0 Å². The van der Waals surface area contributed by atoms with Gasteiger partial charge in [0, 0.05) is 45.0 Å². The first kappa shape index (κ1) is 43.8. The third-order valence-corrected chi connectivity index (χ3v) is 13.9. The van der Waals surface area contributed by atoms with E-state index >= 15 is 0 Å². The number of rotatable bonds is 6. The summed E-state index contributed by atoms with van der Waals surface area (Å²) in [5.74, 6) is 0.883. The number of nitrogens with zero attached hydrogens (tertiary/aromatic N) is 4. The molecule has 0 fully saturated rings. The van der Waals surface area contributed by atoms with Crippen molar-refractivity contribution in [3.05, 3.63) is 199 Å². The van der Waals surface area contributed by atoms with Crippen LogP contribution in [0.2, 0.25) is 0 Å². The molecule has 8 aromatic carbocycles. The molecule has 340 valence electrons. The molecule has 5 heteroatoms. The largest absolute Gasteiger partial charge is 0.507 e. The van der Waals surface area contributed by atoms with Gasteiger partial charge in [0.15, 0.2) is 0 Å². The number of fused-ring (bicyclic) bond motifs is 5. The fourth-order valence-corrected chi connectivity index (χ4v) is 10.00. The lowest BCUT2D eigenvalue weighted by Crippen LogP contribution is -2.17. The minimum absolute atomic E-state index is 0.0933. The van der Waals surface area contributed by atoms with Crippen LogP contribution < -0.4 is 0 Å². The normalized spacial score (nSPS) is 12.5. The second kappa shape index (κ2) is 16.2. The van der Waals surface area contributed by atoms with Crippen LogP contribution in [0.5, 0.6) is 5.75 Å². The van der Waals surface area contributed by atoms with E-state index in [1.165, 1.54) is 49.3 Å². The average molecular weight is 899 g/mol. The molecule has 1 N–H and O–H groups in total. The van der Waals surface area contributed by atoms with E-state index in [1.54, 1.807) is 6.07 Å². The molecule has 0 aliphatic heterocycles. The standard InChI is InChI=1S/C64H58N4O/c1-62(2,3)45-33-43(50-22-17-26-57-59(50)66-61(54-21-13-15-27-58(54)69)68(57)49-38-46(63(4,5)6)37-47(39-49)64(7,8)9)32-44(34-45)55-36-42(30-31-65-55)51-23-16-24-53-52-20-12-14-25-56(52)67(60(51)53)48-29-28-40-18-10-11-19-41(40)35-48/h10-39,69H,1-9H3. The average Bonchev–Trinajstić information content (AvgIpc) is 3.89. The Hall–Kier alpha value is -7.76. The summed E-state index contributed by atoms with van der Waals surface area (Å²) in [5, 5.41) is 16.3. The second-order valence-corrected chi connectivity index (χ2v) is 21.8. The van der Waals surface area contributed by atoms with Gasteiger partial charge in [-0.25, -0.2) is 4.98 Å². The van der Waals surface area contributed by atoms with Crippen LogP contribution in [0, 0.1) is 0 Å². The zero-order valence-electron chi connectivity index (χ0n) is 41.1. The molecule has 3 aromatic heterocycles. The van der Waals surface area contributed by atoms with E-state index in [1.807, 2.05) is 24.4 Å². The first-order valence-corrected chi connectivity index (χ1v) is 24.1. The number of pyridine rings is 1. The van der Waals surface area contributed by atoms with Crippen molar-refractivity contribution in [3.63, 3.8) is 0 Å². The van der Waals surface area contributed by atoms with Gasteiger partial charge < -0.3 is 9.67 Å². The number of aromatic nitrogens is 4. The lowest BCUT2D eigenvalue weighted by atomic mass is 9.80. The Balaban J connectivity index is 1.11. The number of hydrogen-bond acceptors (Lipinski definition) is 3. The minimum atomic E-state index is -0.167. The molecule has 0 saturated carbocycles. The van der Waals surface area contributed by atoms with E-state index in [9.17, 15) is 5.11 Å². The maximum Gasteiger partial charge on any atom is 0.149 e. The van der Waals surface area contributed by atoms with Crippen LogP contribution in [0.25, 0.3) is 99.9 Å². The van der Waals surface area contributed by atoms with Crippen LogP contribution in [0.4, 0.5) is 0 Å². The highest BCUT2D eigenvalue weighted by atomic mass is 16.3. The van der Waals surface area contributed by atoms with Crippen LogP contribution in [0.1, 0.15) is 79.0 Å². The fourth-order valence-electron chi connectivity index (χ4n) is 10.00. The predicted molar refractivity (Wildman–Crippen MR) is 290 cm³/mol. The number of benzene rings is 8. The van der Waals surface area contributed by atoms with Gasteiger partial charge in [-0.15, -0.1) is 0 Å². The smallest absolute Gasteiger partial charge is 0.149 e. The molecule has 0 radical (unpaired) electrons. The molecule has 0 aliphatic rings. The Bertz CT molecular complexity index is 3780. The van der Waals surface area contributed by atoms with Crippen molar-refractivity contribution in [3.8, 4) is 62.0 Å². The van der Waals surface area contributed by atoms with Gasteiger partial charge in [-0.05, 0) is 128 Å². The molecular formula is C64H58N4O. The summed E-state index contributed by atoms with van der Waals surface area (Å²) in [5.41, 5.74) is 16.6. The van der Waals surface area contributed by atoms with Crippen molar-refractivity contribution >= 4 is 43.6 Å². The van der Waals surface area contributed by atoms with E-state index in [0.717, 1.165) is 55.9 Å². The van der Waals surface area contributed by atoms with E-state index in [0.29, 0.717) is 11.4 Å². The summed E-state index contributed by atoms with van der Waals surface area (Å²) < 4.78 is 4.67. The number of para-hydroxylation sites is 4. The van der Waals surface area contributed by atoms with Crippen LogP contribution >= 0.6 is 0 Å². The maximum atomic E-state index is 11.5. The maximum absolute atomic E-state index is 11.5. The number of phenolic OH excluding ortho intramolecular Hbond substituents is 1. The molecule has 0 amide bonds. The molecule has 0 atom stereocenters. The summed E-state index contributed by atoms with van der Waals surface area (Å²) in [6.45, 7) is 20.4. The molecule has 0 unspecified atom stereocenters. The van der Waals surface area contributed by atoms with E-state index in [-0.39, 0.29) is 22.0 Å². The van der Waals surface area contributed by atoms with Crippen LogP contribution in [0.3, 0.4) is 0 Å². The molecule has 5 nitrogen and oxygen atoms in total.